The van der Waals surface area contributed by atoms with Gasteiger partial charge in [-0.25, -0.2) is 0 Å². The molecule has 0 spiro atoms. The first-order valence-corrected chi connectivity index (χ1v) is 5.60. The summed E-state index contributed by atoms with van der Waals surface area (Å²) in [6.45, 7) is 4.14. The zero-order valence-corrected chi connectivity index (χ0v) is 9.49. The van der Waals surface area contributed by atoms with Crippen molar-refractivity contribution in [3.05, 3.63) is 35.4 Å². The lowest BCUT2D eigenvalue weighted by Gasteiger charge is -2.12. The van der Waals surface area contributed by atoms with Gasteiger partial charge in [0, 0.05) is 13.2 Å². The van der Waals surface area contributed by atoms with Gasteiger partial charge in [0.15, 0.2) is 0 Å². The Morgan fingerprint density at radius 2 is 2.33 bits per heavy atom. The van der Waals surface area contributed by atoms with Crippen LogP contribution in [0.4, 0.5) is 0 Å². The molecular formula is C13H19NO. The summed E-state index contributed by atoms with van der Waals surface area (Å²) in [4.78, 5) is 0. The van der Waals surface area contributed by atoms with Crippen molar-refractivity contribution in [2.75, 3.05) is 13.7 Å². The van der Waals surface area contributed by atoms with E-state index in [1.54, 1.807) is 7.11 Å². The Hall–Kier alpha value is -0.860. The molecule has 0 aromatic heterocycles. The molecule has 1 N–H and O–H groups in total. The maximum atomic E-state index is 5.15. The number of hydrogen-bond acceptors (Lipinski definition) is 2. The quantitative estimate of drug-likeness (QED) is 0.818. The fourth-order valence-corrected chi connectivity index (χ4v) is 2.23. The van der Waals surface area contributed by atoms with E-state index in [9.17, 15) is 0 Å². The minimum Gasteiger partial charge on any atom is -0.380 e. The highest BCUT2D eigenvalue weighted by Gasteiger charge is 2.21. The molecule has 1 saturated heterocycles. The predicted molar refractivity (Wildman–Crippen MR) is 61.7 cm³/mol. The fraction of sp³-hybridized carbons (Fsp3) is 0.538. The molecule has 15 heavy (non-hydrogen) atoms. The van der Waals surface area contributed by atoms with Gasteiger partial charge in [-0.05, 0) is 30.0 Å². The Labute approximate surface area is 91.6 Å². The Balaban J connectivity index is 2.10. The third-order valence-corrected chi connectivity index (χ3v) is 3.02. The van der Waals surface area contributed by atoms with Crippen molar-refractivity contribution >= 4 is 0 Å². The fourth-order valence-electron chi connectivity index (χ4n) is 2.23. The van der Waals surface area contributed by atoms with Crippen LogP contribution in [0.3, 0.4) is 0 Å². The van der Waals surface area contributed by atoms with E-state index in [-0.39, 0.29) is 0 Å². The summed E-state index contributed by atoms with van der Waals surface area (Å²) in [7, 11) is 1.74. The zero-order valence-electron chi connectivity index (χ0n) is 9.49. The lowest BCUT2D eigenvalue weighted by molar-refractivity contribution is 0.185. The van der Waals surface area contributed by atoms with Gasteiger partial charge >= 0.3 is 0 Å². The molecule has 1 aromatic carbocycles. The second-order valence-corrected chi connectivity index (χ2v) is 4.48. The van der Waals surface area contributed by atoms with E-state index in [1.807, 2.05) is 0 Å². The lowest BCUT2D eigenvalue weighted by atomic mass is 10.00. The molecule has 1 aromatic rings. The molecule has 2 unspecified atom stereocenters. The van der Waals surface area contributed by atoms with Gasteiger partial charge in [0.1, 0.15) is 0 Å². The molecule has 0 bridgehead atoms. The first-order valence-electron chi connectivity index (χ1n) is 5.60. The van der Waals surface area contributed by atoms with E-state index in [2.05, 4.69) is 36.5 Å². The average molecular weight is 205 g/mol. The van der Waals surface area contributed by atoms with Crippen molar-refractivity contribution in [1.29, 1.82) is 0 Å². The largest absolute Gasteiger partial charge is 0.380 e. The number of hydrogen-bond donors (Lipinski definition) is 1. The third kappa shape index (κ3) is 2.58. The molecule has 2 heteroatoms. The van der Waals surface area contributed by atoms with Crippen LogP contribution in [0.1, 0.15) is 30.5 Å². The molecule has 2 rings (SSSR count). The molecular weight excluding hydrogens is 186 g/mol. The van der Waals surface area contributed by atoms with Crippen LogP contribution < -0.4 is 5.32 Å². The van der Waals surface area contributed by atoms with Crippen LogP contribution in [0, 0.1) is 5.92 Å². The first-order chi connectivity index (χ1) is 7.29. The van der Waals surface area contributed by atoms with Crippen LogP contribution in [0.2, 0.25) is 0 Å². The van der Waals surface area contributed by atoms with E-state index in [1.165, 1.54) is 17.5 Å². The summed E-state index contributed by atoms with van der Waals surface area (Å²) in [5.74, 6) is 0.793. The number of methoxy groups -OCH3 is 1. The third-order valence-electron chi connectivity index (χ3n) is 3.02. The summed E-state index contributed by atoms with van der Waals surface area (Å²) in [6, 6.07) is 9.23. The van der Waals surface area contributed by atoms with Crippen molar-refractivity contribution in [3.63, 3.8) is 0 Å². The van der Waals surface area contributed by atoms with Gasteiger partial charge in [-0.3, -0.25) is 0 Å². The summed E-state index contributed by atoms with van der Waals surface area (Å²) in [5.41, 5.74) is 2.66. The van der Waals surface area contributed by atoms with Crippen molar-refractivity contribution in [2.24, 2.45) is 5.92 Å². The van der Waals surface area contributed by atoms with Crippen LogP contribution in [0.25, 0.3) is 0 Å². The van der Waals surface area contributed by atoms with Gasteiger partial charge in [0.2, 0.25) is 0 Å². The summed E-state index contributed by atoms with van der Waals surface area (Å²) < 4.78 is 5.15. The topological polar surface area (TPSA) is 21.3 Å². The maximum Gasteiger partial charge on any atom is 0.0713 e. The molecule has 1 aliphatic rings. The second kappa shape index (κ2) is 4.77. The summed E-state index contributed by atoms with van der Waals surface area (Å²) >= 11 is 0. The smallest absolute Gasteiger partial charge is 0.0713 e. The van der Waals surface area contributed by atoms with E-state index in [0.29, 0.717) is 12.6 Å². The van der Waals surface area contributed by atoms with Crippen molar-refractivity contribution in [3.8, 4) is 0 Å². The van der Waals surface area contributed by atoms with Crippen molar-refractivity contribution in [1.82, 2.24) is 5.32 Å². The van der Waals surface area contributed by atoms with Crippen molar-refractivity contribution in [2.45, 2.75) is 26.0 Å². The number of benzene rings is 1. The van der Waals surface area contributed by atoms with E-state index >= 15 is 0 Å². The van der Waals surface area contributed by atoms with Crippen LogP contribution in [0.15, 0.2) is 24.3 Å². The monoisotopic (exact) mass is 205 g/mol. The van der Waals surface area contributed by atoms with E-state index < -0.39 is 0 Å². The minimum absolute atomic E-state index is 0.539. The standard InChI is InChI=1S/C13H19NO/c1-10-6-13(14-8-10)12-5-3-4-11(7-12)9-15-2/h3-5,7,10,13-14H,6,8-9H2,1-2H3. The molecule has 1 heterocycles. The highest BCUT2D eigenvalue weighted by atomic mass is 16.5. The van der Waals surface area contributed by atoms with Gasteiger partial charge in [-0.1, -0.05) is 31.2 Å². The van der Waals surface area contributed by atoms with Crippen LogP contribution in [-0.2, 0) is 11.3 Å². The van der Waals surface area contributed by atoms with Crippen LogP contribution in [0.5, 0.6) is 0 Å². The Bertz CT molecular complexity index is 324. The molecule has 1 fully saturated rings. The predicted octanol–water partition coefficient (Wildman–Crippen LogP) is 2.50. The summed E-state index contributed by atoms with van der Waals surface area (Å²) in [6.07, 6.45) is 1.25. The molecule has 0 amide bonds. The average Bonchev–Trinajstić information content (AvgIpc) is 2.66. The van der Waals surface area contributed by atoms with E-state index in [0.717, 1.165) is 12.5 Å². The normalized spacial score (nSPS) is 25.7. The maximum absolute atomic E-state index is 5.15. The Kier molecular flexibility index (Phi) is 3.39. The number of nitrogens with one attached hydrogen (secondary N) is 1. The lowest BCUT2D eigenvalue weighted by Crippen LogP contribution is -2.13. The van der Waals surface area contributed by atoms with Gasteiger partial charge in [-0.2, -0.15) is 0 Å². The van der Waals surface area contributed by atoms with Crippen LogP contribution >= 0.6 is 0 Å². The SMILES string of the molecule is COCc1cccc(C2CC(C)CN2)c1. The molecule has 1 aliphatic heterocycles. The zero-order chi connectivity index (χ0) is 10.7. The van der Waals surface area contributed by atoms with E-state index in [4.69, 9.17) is 4.74 Å². The molecule has 82 valence electrons. The highest BCUT2D eigenvalue weighted by molar-refractivity contribution is 5.26. The number of rotatable bonds is 3. The molecule has 0 saturated carbocycles. The minimum atomic E-state index is 0.539. The molecule has 0 aliphatic carbocycles. The van der Waals surface area contributed by atoms with Crippen molar-refractivity contribution < 1.29 is 4.74 Å². The molecule has 2 nitrogen and oxygen atoms in total. The van der Waals surface area contributed by atoms with Crippen LogP contribution in [-0.4, -0.2) is 13.7 Å². The molecule has 0 radical (unpaired) electrons. The van der Waals surface area contributed by atoms with Gasteiger partial charge < -0.3 is 10.1 Å². The number of ether oxygens (including phenoxy) is 1. The van der Waals surface area contributed by atoms with Gasteiger partial charge in [0.25, 0.3) is 0 Å². The van der Waals surface area contributed by atoms with Gasteiger partial charge in [0.05, 0.1) is 6.61 Å². The highest BCUT2D eigenvalue weighted by Crippen LogP contribution is 2.27. The first kappa shape index (κ1) is 10.7. The Morgan fingerprint density at radius 3 is 3.00 bits per heavy atom. The molecule has 2 atom stereocenters. The summed E-state index contributed by atoms with van der Waals surface area (Å²) in [5, 5.41) is 3.55. The Morgan fingerprint density at radius 1 is 1.47 bits per heavy atom. The second-order valence-electron chi connectivity index (χ2n) is 4.48. The van der Waals surface area contributed by atoms with Gasteiger partial charge in [-0.15, -0.1) is 0 Å².